The predicted octanol–water partition coefficient (Wildman–Crippen LogP) is 3.16. The van der Waals surface area contributed by atoms with Gasteiger partial charge < -0.3 is 15.2 Å². The highest BCUT2D eigenvalue weighted by atomic mass is 35.5. The third kappa shape index (κ3) is 3.94. The first-order valence-corrected chi connectivity index (χ1v) is 14.9. The molecule has 0 spiro atoms. The van der Waals surface area contributed by atoms with Gasteiger partial charge in [-0.2, -0.15) is 0 Å². The summed E-state index contributed by atoms with van der Waals surface area (Å²) in [5, 5.41) is 30.8. The number of amides is 4. The van der Waals surface area contributed by atoms with Crippen LogP contribution in [0.4, 0.5) is 11.4 Å². The van der Waals surface area contributed by atoms with Gasteiger partial charge in [0.25, 0.3) is 0 Å². The molecule has 4 aliphatic rings. The zero-order valence-electron chi connectivity index (χ0n) is 23.6. The highest BCUT2D eigenvalue weighted by molar-refractivity contribution is 6.58. The van der Waals surface area contributed by atoms with Crippen LogP contribution in [0.15, 0.2) is 84.4 Å². The second kappa shape index (κ2) is 10.2. The number of carbonyl (C=O) groups is 4. The van der Waals surface area contributed by atoms with E-state index in [9.17, 15) is 34.3 Å². The van der Waals surface area contributed by atoms with Crippen LogP contribution in [0.25, 0.3) is 0 Å². The van der Waals surface area contributed by atoms with Crippen LogP contribution in [0.1, 0.15) is 31.2 Å². The van der Waals surface area contributed by atoms with Crippen molar-refractivity contribution in [1.29, 1.82) is 0 Å². The molecule has 9 nitrogen and oxygen atoms in total. The van der Waals surface area contributed by atoms with E-state index in [0.29, 0.717) is 16.3 Å². The molecular formula is C33H28BClN2O7. The van der Waals surface area contributed by atoms with Crippen LogP contribution in [0.5, 0.6) is 5.75 Å². The molecule has 11 heteroatoms. The molecule has 2 aliphatic heterocycles. The number of para-hydroxylation sites is 1. The number of phenols is 1. The largest absolute Gasteiger partial charge is 0.508 e. The molecule has 44 heavy (non-hydrogen) atoms. The Morgan fingerprint density at radius 3 is 2.30 bits per heavy atom. The molecule has 3 aromatic rings. The number of aromatic hydroxyl groups is 1. The molecule has 2 saturated heterocycles. The monoisotopic (exact) mass is 610 g/mol. The molecule has 7 rings (SSSR count). The van der Waals surface area contributed by atoms with Gasteiger partial charge in [0.1, 0.15) is 5.75 Å². The molecule has 3 fully saturated rings. The van der Waals surface area contributed by atoms with Gasteiger partial charge in [-0.15, -0.1) is 0 Å². The summed E-state index contributed by atoms with van der Waals surface area (Å²) < 4.78 is 0. The number of fused-ring (bicyclic) bond motifs is 4. The van der Waals surface area contributed by atoms with Crippen molar-refractivity contribution in [3.05, 3.63) is 95.0 Å². The van der Waals surface area contributed by atoms with E-state index in [1.807, 2.05) is 6.08 Å². The third-order valence-electron chi connectivity index (χ3n) is 10.0. The zero-order chi connectivity index (χ0) is 31.1. The summed E-state index contributed by atoms with van der Waals surface area (Å²) in [7, 11) is -1.78. The fraction of sp³-hybridized carbons (Fsp3) is 0.273. The average Bonchev–Trinajstić information content (AvgIpc) is 3.38. The average molecular weight is 611 g/mol. The number of anilines is 2. The smallest absolute Gasteiger partial charge is 0.488 e. The minimum atomic E-state index is -1.78. The molecule has 3 aromatic carbocycles. The first-order chi connectivity index (χ1) is 21.0. The highest BCUT2D eigenvalue weighted by Crippen LogP contribution is 2.64. The molecule has 0 bridgehead atoms. The number of rotatable bonds is 4. The number of nitrogens with zero attached hydrogens (tertiary/aromatic N) is 2. The van der Waals surface area contributed by atoms with E-state index in [0.717, 1.165) is 10.5 Å². The van der Waals surface area contributed by atoms with Crippen molar-refractivity contribution >= 4 is 59.2 Å². The van der Waals surface area contributed by atoms with Crippen molar-refractivity contribution in [3.8, 4) is 5.75 Å². The molecule has 0 aromatic heterocycles. The Bertz CT molecular complexity index is 1780. The molecule has 222 valence electrons. The zero-order valence-corrected chi connectivity index (χ0v) is 24.4. The molecule has 3 N–H and O–H groups in total. The number of hydrogen-bond donors (Lipinski definition) is 3. The topological polar surface area (TPSA) is 135 Å². The summed E-state index contributed by atoms with van der Waals surface area (Å²) >= 11 is 6.41. The molecular weight excluding hydrogens is 583 g/mol. The van der Waals surface area contributed by atoms with Crippen LogP contribution in [0, 0.1) is 29.1 Å². The van der Waals surface area contributed by atoms with Gasteiger partial charge in [-0.25, -0.2) is 4.90 Å². The van der Waals surface area contributed by atoms with Crippen molar-refractivity contribution in [1.82, 2.24) is 0 Å². The van der Waals surface area contributed by atoms with Crippen LogP contribution < -0.4 is 15.3 Å². The normalized spacial score (nSPS) is 29.4. The van der Waals surface area contributed by atoms with Gasteiger partial charge in [0, 0.05) is 16.5 Å². The standard InChI is InChI=1S/C33H28BClN2O7/c1-33-25(30(40)37(32(33)42)19-7-3-2-4-8-19)16-23-21(28(33)24-15-18(35)10-13-26(24)38)11-12-22-27(23)31(41)36(29(22)39)20-9-5-6-17(14-20)34(43)44/h2-11,13-15,22-23,25,27-28,38,43-44H,12,16H2,1H3/t22-,23+,25-,27-,28+,33+/m0/s1. The lowest BCUT2D eigenvalue weighted by Gasteiger charge is -2.49. The van der Waals surface area contributed by atoms with Gasteiger partial charge in [0.05, 0.1) is 34.5 Å². The van der Waals surface area contributed by atoms with Crippen molar-refractivity contribution in [3.63, 3.8) is 0 Å². The Balaban J connectivity index is 1.37. The van der Waals surface area contributed by atoms with E-state index in [1.165, 1.54) is 29.2 Å². The molecule has 0 unspecified atom stereocenters. The number of benzene rings is 3. The maximum absolute atomic E-state index is 14.4. The van der Waals surface area contributed by atoms with Crippen molar-refractivity contribution in [2.45, 2.75) is 25.7 Å². The summed E-state index contributed by atoms with van der Waals surface area (Å²) in [4.78, 5) is 58.8. The van der Waals surface area contributed by atoms with Crippen LogP contribution in [-0.4, -0.2) is 45.9 Å². The van der Waals surface area contributed by atoms with E-state index < -0.39 is 65.8 Å². The Hall–Kier alpha value is -4.25. The minimum Gasteiger partial charge on any atom is -0.508 e. The van der Waals surface area contributed by atoms with E-state index in [1.54, 1.807) is 55.5 Å². The third-order valence-corrected chi connectivity index (χ3v) is 10.3. The molecule has 4 amide bonds. The summed E-state index contributed by atoms with van der Waals surface area (Å²) in [6.45, 7) is 1.74. The summed E-state index contributed by atoms with van der Waals surface area (Å²) in [6, 6.07) is 19.3. The lowest BCUT2D eigenvalue weighted by atomic mass is 9.51. The number of halogens is 1. The molecule has 1 saturated carbocycles. The van der Waals surface area contributed by atoms with Crippen LogP contribution >= 0.6 is 11.6 Å². The van der Waals surface area contributed by atoms with Crippen LogP contribution in [0.2, 0.25) is 5.02 Å². The highest BCUT2D eigenvalue weighted by Gasteiger charge is 2.68. The first-order valence-electron chi connectivity index (χ1n) is 14.5. The van der Waals surface area contributed by atoms with E-state index in [4.69, 9.17) is 11.6 Å². The maximum Gasteiger partial charge on any atom is 0.488 e. The number of hydrogen-bond acceptors (Lipinski definition) is 7. The van der Waals surface area contributed by atoms with Gasteiger partial charge in [0.15, 0.2) is 0 Å². The number of imide groups is 2. The number of carbonyl (C=O) groups excluding carboxylic acids is 4. The summed E-state index contributed by atoms with van der Waals surface area (Å²) in [6.07, 6.45) is 2.28. The molecule has 2 aliphatic carbocycles. The van der Waals surface area contributed by atoms with E-state index in [-0.39, 0.29) is 29.7 Å². The Morgan fingerprint density at radius 1 is 0.841 bits per heavy atom. The summed E-state index contributed by atoms with van der Waals surface area (Å²) in [5.41, 5.74) is 0.605. The predicted molar refractivity (Wildman–Crippen MR) is 163 cm³/mol. The lowest BCUT2D eigenvalue weighted by Crippen LogP contribution is -2.49. The van der Waals surface area contributed by atoms with Gasteiger partial charge >= 0.3 is 7.12 Å². The van der Waals surface area contributed by atoms with Gasteiger partial charge in [0.2, 0.25) is 23.6 Å². The first kappa shape index (κ1) is 28.5. The SMILES string of the molecule is C[C@@]12C(=O)N(c3ccccc3)C(=O)[C@@H]1C[C@@H]1C(=CC[C@@H]3C(=O)N(c4cccc(B(O)O)c4)C(=O)[C@@H]31)[C@@H]2c1cc(Cl)ccc1O. The second-order valence-corrected chi connectivity index (χ2v) is 12.6. The van der Waals surface area contributed by atoms with Crippen molar-refractivity contribution in [2.24, 2.45) is 29.1 Å². The Morgan fingerprint density at radius 2 is 1.57 bits per heavy atom. The van der Waals surface area contributed by atoms with Crippen molar-refractivity contribution < 1.29 is 34.3 Å². The van der Waals surface area contributed by atoms with Crippen LogP contribution in [-0.2, 0) is 19.2 Å². The molecule has 2 heterocycles. The summed E-state index contributed by atoms with van der Waals surface area (Å²) in [5.74, 6) is -5.46. The fourth-order valence-corrected chi connectivity index (χ4v) is 8.20. The minimum absolute atomic E-state index is 0.0868. The Kier molecular flexibility index (Phi) is 6.58. The van der Waals surface area contributed by atoms with Crippen molar-refractivity contribution in [2.75, 3.05) is 9.80 Å². The van der Waals surface area contributed by atoms with E-state index >= 15 is 0 Å². The lowest BCUT2D eigenvalue weighted by molar-refractivity contribution is -0.131. The van der Waals surface area contributed by atoms with Gasteiger partial charge in [-0.05, 0) is 73.6 Å². The molecule has 6 atom stereocenters. The van der Waals surface area contributed by atoms with E-state index in [2.05, 4.69) is 0 Å². The van der Waals surface area contributed by atoms with Gasteiger partial charge in [-0.1, -0.05) is 53.6 Å². The van der Waals surface area contributed by atoms with Crippen LogP contribution in [0.3, 0.4) is 0 Å². The Labute approximate surface area is 258 Å². The number of allylic oxidation sites excluding steroid dienone is 2. The molecule has 0 radical (unpaired) electrons. The number of phenolic OH excluding ortho intramolecular Hbond substituents is 1. The second-order valence-electron chi connectivity index (χ2n) is 12.2. The van der Waals surface area contributed by atoms with Gasteiger partial charge in [-0.3, -0.25) is 24.1 Å². The fourth-order valence-electron chi connectivity index (χ4n) is 8.02. The maximum atomic E-state index is 14.4. The quantitative estimate of drug-likeness (QED) is 0.235.